The van der Waals surface area contributed by atoms with E-state index in [1.54, 1.807) is 0 Å². The van der Waals surface area contributed by atoms with Gasteiger partial charge in [-0.3, -0.25) is 14.4 Å². The lowest BCUT2D eigenvalue weighted by atomic mass is 9.47. The lowest BCUT2D eigenvalue weighted by Crippen LogP contribution is -2.55. The molecule has 4 heteroatoms. The van der Waals surface area contributed by atoms with Crippen LogP contribution in [0, 0.1) is 22.7 Å². The molecule has 0 amide bonds. The molecule has 2 rings (SSSR count). The van der Waals surface area contributed by atoms with Crippen LogP contribution < -0.4 is 0 Å². The van der Waals surface area contributed by atoms with Crippen molar-refractivity contribution in [2.75, 3.05) is 0 Å². The summed E-state index contributed by atoms with van der Waals surface area (Å²) in [6.07, 6.45) is 5.75. The molecule has 4 atom stereocenters. The Morgan fingerprint density at radius 2 is 1.96 bits per heavy atom. The van der Waals surface area contributed by atoms with Crippen LogP contribution in [0.25, 0.3) is 0 Å². The molecule has 0 aromatic rings. The van der Waals surface area contributed by atoms with E-state index in [0.717, 1.165) is 30.3 Å². The van der Waals surface area contributed by atoms with E-state index >= 15 is 0 Å². The molecule has 0 radical (unpaired) electrons. The Labute approximate surface area is 144 Å². The quantitative estimate of drug-likeness (QED) is 0.605. The topological polar surface area (TPSA) is 71.4 Å². The molecule has 2 aliphatic carbocycles. The molecule has 2 fully saturated rings. The molecule has 24 heavy (non-hydrogen) atoms. The van der Waals surface area contributed by atoms with Gasteiger partial charge < -0.3 is 5.11 Å². The Morgan fingerprint density at radius 1 is 1.29 bits per heavy atom. The second-order valence-electron chi connectivity index (χ2n) is 8.37. The van der Waals surface area contributed by atoms with Crippen LogP contribution in [0.1, 0.15) is 72.6 Å². The van der Waals surface area contributed by atoms with Crippen molar-refractivity contribution in [2.45, 2.75) is 72.6 Å². The number of fused-ring (bicyclic) bond motifs is 1. The highest BCUT2D eigenvalue weighted by atomic mass is 16.4. The molecule has 0 spiro atoms. The average molecular weight is 334 g/mol. The van der Waals surface area contributed by atoms with Gasteiger partial charge >= 0.3 is 5.97 Å². The van der Waals surface area contributed by atoms with Gasteiger partial charge in [0.15, 0.2) is 0 Å². The first-order chi connectivity index (χ1) is 11.2. The zero-order valence-electron chi connectivity index (χ0n) is 15.4. The molecular formula is C20H30O4. The predicted octanol–water partition coefficient (Wildman–Crippen LogP) is 4.18. The zero-order valence-corrected chi connectivity index (χ0v) is 15.4. The van der Waals surface area contributed by atoms with Crippen molar-refractivity contribution in [2.24, 2.45) is 22.7 Å². The van der Waals surface area contributed by atoms with Crippen LogP contribution in [0.5, 0.6) is 0 Å². The van der Waals surface area contributed by atoms with Gasteiger partial charge in [0, 0.05) is 12.3 Å². The number of carboxylic acid groups (broad SMARTS) is 1. The van der Waals surface area contributed by atoms with E-state index in [-0.39, 0.29) is 23.0 Å². The fourth-order valence-electron chi connectivity index (χ4n) is 5.28. The Kier molecular flexibility index (Phi) is 5.36. The summed E-state index contributed by atoms with van der Waals surface area (Å²) in [5.74, 6) is -0.582. The highest BCUT2D eigenvalue weighted by Gasteiger charge is 2.58. The van der Waals surface area contributed by atoms with Gasteiger partial charge in [0.25, 0.3) is 0 Å². The van der Waals surface area contributed by atoms with Gasteiger partial charge in [-0.15, -0.1) is 0 Å². The summed E-state index contributed by atoms with van der Waals surface area (Å²) < 4.78 is 0. The Balaban J connectivity index is 2.30. The molecule has 0 aromatic carbocycles. The van der Waals surface area contributed by atoms with E-state index < -0.39 is 11.4 Å². The standard InChI is InChI=1S/C20H30O4/c1-13(2)14(12-21)6-7-15-16(22)8-9-17-19(15,3)10-5-11-20(17,4)18(23)24/h12,15,17H,5-11H2,1-4H3,(H,23,24). The molecule has 2 aliphatic rings. The molecule has 2 saturated carbocycles. The first-order valence-electron chi connectivity index (χ1n) is 9.04. The number of hydrogen-bond donors (Lipinski definition) is 1. The van der Waals surface area contributed by atoms with Crippen molar-refractivity contribution < 1.29 is 19.5 Å². The number of carboxylic acids is 1. The molecule has 4 nitrogen and oxygen atoms in total. The Morgan fingerprint density at radius 3 is 2.50 bits per heavy atom. The van der Waals surface area contributed by atoms with E-state index in [9.17, 15) is 19.5 Å². The Bertz CT molecular complexity index is 572. The normalized spacial score (nSPS) is 35.9. The van der Waals surface area contributed by atoms with Crippen molar-refractivity contribution in [3.8, 4) is 0 Å². The summed E-state index contributed by atoms with van der Waals surface area (Å²) in [5.41, 5.74) is 0.756. The third kappa shape index (κ3) is 3.07. The zero-order chi connectivity index (χ0) is 18.1. The maximum atomic E-state index is 12.7. The molecule has 0 heterocycles. The fraction of sp³-hybridized carbons (Fsp3) is 0.750. The molecular weight excluding hydrogens is 304 g/mol. The number of rotatable bonds is 5. The van der Waals surface area contributed by atoms with Crippen molar-refractivity contribution in [3.63, 3.8) is 0 Å². The van der Waals surface area contributed by atoms with Gasteiger partial charge in [0.2, 0.25) is 0 Å². The van der Waals surface area contributed by atoms with E-state index in [0.29, 0.717) is 32.1 Å². The minimum atomic E-state index is -0.740. The largest absolute Gasteiger partial charge is 0.481 e. The summed E-state index contributed by atoms with van der Waals surface area (Å²) in [6.45, 7) is 7.80. The highest BCUT2D eigenvalue weighted by molar-refractivity contribution is 5.84. The second-order valence-corrected chi connectivity index (χ2v) is 8.37. The summed E-state index contributed by atoms with van der Waals surface area (Å²) in [5, 5.41) is 9.79. The first kappa shape index (κ1) is 18.9. The minimum absolute atomic E-state index is 0.0327. The molecule has 0 saturated heterocycles. The molecule has 0 bridgehead atoms. The van der Waals surface area contributed by atoms with Gasteiger partial charge in [-0.2, -0.15) is 0 Å². The number of ketones is 1. The van der Waals surface area contributed by atoms with Crippen molar-refractivity contribution in [3.05, 3.63) is 11.1 Å². The number of carbonyl (C=O) groups excluding carboxylic acids is 2. The van der Waals surface area contributed by atoms with Crippen molar-refractivity contribution in [1.82, 2.24) is 0 Å². The summed E-state index contributed by atoms with van der Waals surface area (Å²) in [6, 6.07) is 0. The maximum Gasteiger partial charge on any atom is 0.309 e. The van der Waals surface area contributed by atoms with E-state index in [1.807, 2.05) is 20.8 Å². The third-order valence-corrected chi connectivity index (χ3v) is 6.82. The van der Waals surface area contributed by atoms with E-state index in [1.165, 1.54) is 0 Å². The van der Waals surface area contributed by atoms with Crippen molar-refractivity contribution in [1.29, 1.82) is 0 Å². The van der Waals surface area contributed by atoms with Gasteiger partial charge in [-0.05, 0) is 69.8 Å². The van der Waals surface area contributed by atoms with Crippen LogP contribution in [0.3, 0.4) is 0 Å². The summed E-state index contributed by atoms with van der Waals surface area (Å²) in [7, 11) is 0. The fourth-order valence-corrected chi connectivity index (χ4v) is 5.28. The SMILES string of the molecule is CC(C)=C(C=O)CCC1C(=O)CCC2C(C)(C(=O)O)CCCC12C. The predicted molar refractivity (Wildman–Crippen MR) is 92.6 cm³/mol. The number of allylic oxidation sites excluding steroid dienone is 2. The van der Waals surface area contributed by atoms with Gasteiger partial charge in [0.05, 0.1) is 5.41 Å². The highest BCUT2D eigenvalue weighted by Crippen LogP contribution is 2.60. The smallest absolute Gasteiger partial charge is 0.309 e. The second kappa shape index (κ2) is 6.81. The number of hydrogen-bond acceptors (Lipinski definition) is 3. The molecule has 134 valence electrons. The molecule has 0 aliphatic heterocycles. The monoisotopic (exact) mass is 334 g/mol. The summed E-state index contributed by atoms with van der Waals surface area (Å²) >= 11 is 0. The van der Waals surface area contributed by atoms with E-state index in [4.69, 9.17) is 0 Å². The van der Waals surface area contributed by atoms with Crippen LogP contribution in [-0.2, 0) is 14.4 Å². The number of aldehydes is 1. The van der Waals surface area contributed by atoms with Crippen molar-refractivity contribution >= 4 is 18.0 Å². The lowest BCUT2D eigenvalue weighted by Gasteiger charge is -2.56. The number of carbonyl (C=O) groups is 3. The Hall–Kier alpha value is -1.45. The minimum Gasteiger partial charge on any atom is -0.481 e. The van der Waals surface area contributed by atoms with Gasteiger partial charge in [-0.1, -0.05) is 18.9 Å². The van der Waals surface area contributed by atoms with Crippen LogP contribution in [0.15, 0.2) is 11.1 Å². The van der Waals surface area contributed by atoms with Gasteiger partial charge in [0.1, 0.15) is 12.1 Å². The van der Waals surface area contributed by atoms with E-state index in [2.05, 4.69) is 6.92 Å². The maximum absolute atomic E-state index is 12.7. The number of aliphatic carboxylic acids is 1. The molecule has 4 unspecified atom stereocenters. The third-order valence-electron chi connectivity index (χ3n) is 6.82. The lowest BCUT2D eigenvalue weighted by molar-refractivity contribution is -0.170. The molecule has 0 aromatic heterocycles. The first-order valence-corrected chi connectivity index (χ1v) is 9.04. The van der Waals surface area contributed by atoms with Crippen LogP contribution >= 0.6 is 0 Å². The van der Waals surface area contributed by atoms with Gasteiger partial charge in [-0.25, -0.2) is 0 Å². The molecule has 1 N–H and O–H groups in total. The number of Topliss-reactive ketones (excluding diaryl/α,β-unsaturated/α-hetero) is 1. The van der Waals surface area contributed by atoms with Crippen LogP contribution in [-0.4, -0.2) is 23.1 Å². The van der Waals surface area contributed by atoms with Crippen LogP contribution in [0.4, 0.5) is 0 Å². The van der Waals surface area contributed by atoms with Crippen LogP contribution in [0.2, 0.25) is 0 Å². The average Bonchev–Trinajstić information content (AvgIpc) is 2.49. The summed E-state index contributed by atoms with van der Waals surface area (Å²) in [4.78, 5) is 35.8.